The maximum Gasteiger partial charge on any atom is -0.0380 e. The SMILES string of the molecule is CCCCCC1CC2CC3CC(CCC)CC3CC2C1. The van der Waals surface area contributed by atoms with Crippen LogP contribution in [-0.4, -0.2) is 0 Å². The second-order valence-electron chi connectivity index (χ2n) is 8.47. The van der Waals surface area contributed by atoms with Crippen molar-refractivity contribution in [1.29, 1.82) is 0 Å². The minimum absolute atomic E-state index is 1.11. The van der Waals surface area contributed by atoms with Gasteiger partial charge in [0.05, 0.1) is 0 Å². The van der Waals surface area contributed by atoms with E-state index in [2.05, 4.69) is 13.8 Å². The first-order valence-electron chi connectivity index (χ1n) is 9.80. The van der Waals surface area contributed by atoms with E-state index in [1.165, 1.54) is 32.1 Å². The summed E-state index contributed by atoms with van der Waals surface area (Å²) in [5, 5.41) is 0. The van der Waals surface area contributed by atoms with E-state index in [-0.39, 0.29) is 0 Å². The third-order valence-corrected chi connectivity index (χ3v) is 7.00. The first kappa shape index (κ1) is 14.9. The summed E-state index contributed by atoms with van der Waals surface area (Å²) in [7, 11) is 0. The number of hydrogen-bond acceptors (Lipinski definition) is 0. The zero-order valence-electron chi connectivity index (χ0n) is 13.9. The molecule has 0 amide bonds. The van der Waals surface area contributed by atoms with Gasteiger partial charge in [-0.2, -0.15) is 0 Å². The van der Waals surface area contributed by atoms with Crippen molar-refractivity contribution in [2.24, 2.45) is 35.5 Å². The number of fused-ring (bicyclic) bond motifs is 2. The average molecular weight is 277 g/mol. The zero-order valence-corrected chi connectivity index (χ0v) is 13.9. The second kappa shape index (κ2) is 6.84. The molecule has 0 nitrogen and oxygen atoms in total. The van der Waals surface area contributed by atoms with Crippen molar-refractivity contribution < 1.29 is 0 Å². The van der Waals surface area contributed by atoms with E-state index in [0.29, 0.717) is 0 Å². The van der Waals surface area contributed by atoms with E-state index in [1.807, 2.05) is 0 Å². The van der Waals surface area contributed by atoms with Gasteiger partial charge in [0, 0.05) is 0 Å². The Balaban J connectivity index is 1.47. The molecule has 0 bridgehead atoms. The number of hydrogen-bond donors (Lipinski definition) is 0. The number of rotatable bonds is 6. The van der Waals surface area contributed by atoms with Gasteiger partial charge in [0.1, 0.15) is 0 Å². The minimum atomic E-state index is 1.11. The molecule has 0 aromatic rings. The van der Waals surface area contributed by atoms with Crippen LogP contribution in [0, 0.1) is 35.5 Å². The molecule has 0 spiro atoms. The summed E-state index contributed by atoms with van der Waals surface area (Å²) in [6, 6.07) is 0. The van der Waals surface area contributed by atoms with Gasteiger partial charge in [0.25, 0.3) is 0 Å². The molecular formula is C20H36. The highest BCUT2D eigenvalue weighted by molar-refractivity contribution is 4.96. The molecule has 0 aromatic carbocycles. The van der Waals surface area contributed by atoms with Crippen LogP contribution in [0.1, 0.15) is 90.9 Å². The lowest BCUT2D eigenvalue weighted by molar-refractivity contribution is 0.157. The van der Waals surface area contributed by atoms with Gasteiger partial charge < -0.3 is 0 Å². The third kappa shape index (κ3) is 3.25. The Labute approximate surface area is 127 Å². The van der Waals surface area contributed by atoms with Crippen molar-refractivity contribution in [3.8, 4) is 0 Å². The van der Waals surface area contributed by atoms with E-state index in [4.69, 9.17) is 0 Å². The van der Waals surface area contributed by atoms with Gasteiger partial charge >= 0.3 is 0 Å². The molecule has 4 atom stereocenters. The summed E-state index contributed by atoms with van der Waals surface area (Å²) in [6.45, 7) is 4.71. The van der Waals surface area contributed by atoms with Crippen molar-refractivity contribution in [2.45, 2.75) is 90.9 Å². The maximum absolute atomic E-state index is 2.37. The van der Waals surface area contributed by atoms with Crippen molar-refractivity contribution in [1.82, 2.24) is 0 Å². The van der Waals surface area contributed by atoms with E-state index in [0.717, 1.165) is 35.5 Å². The summed E-state index contributed by atoms with van der Waals surface area (Å²) in [5.41, 5.74) is 0. The first-order chi connectivity index (χ1) is 9.80. The lowest BCUT2D eigenvalue weighted by Gasteiger charge is -2.34. The quantitative estimate of drug-likeness (QED) is 0.489. The Kier molecular flexibility index (Phi) is 5.10. The van der Waals surface area contributed by atoms with Crippen LogP contribution < -0.4 is 0 Å². The van der Waals surface area contributed by atoms with Gasteiger partial charge in [-0.3, -0.25) is 0 Å². The van der Waals surface area contributed by atoms with Crippen LogP contribution in [0.3, 0.4) is 0 Å². The Morgan fingerprint density at radius 2 is 1.05 bits per heavy atom. The number of unbranched alkanes of at least 4 members (excludes halogenated alkanes) is 2. The van der Waals surface area contributed by atoms with Gasteiger partial charge in [-0.05, 0) is 74.0 Å². The predicted molar refractivity (Wildman–Crippen MR) is 87.7 cm³/mol. The van der Waals surface area contributed by atoms with Crippen LogP contribution in [0.15, 0.2) is 0 Å². The molecule has 0 radical (unpaired) electrons. The fourth-order valence-corrected chi connectivity index (χ4v) is 6.17. The minimum Gasteiger partial charge on any atom is -0.0654 e. The Hall–Kier alpha value is 0. The molecule has 3 aliphatic carbocycles. The van der Waals surface area contributed by atoms with E-state index >= 15 is 0 Å². The summed E-state index contributed by atoms with van der Waals surface area (Å²) in [6.07, 6.45) is 18.5. The Morgan fingerprint density at radius 1 is 0.550 bits per heavy atom. The molecule has 0 heterocycles. The molecule has 3 aliphatic rings. The smallest absolute Gasteiger partial charge is 0.0380 e. The van der Waals surface area contributed by atoms with E-state index in [9.17, 15) is 0 Å². The molecule has 0 aromatic heterocycles. The molecule has 4 unspecified atom stereocenters. The lowest BCUT2D eigenvalue weighted by atomic mass is 9.71. The molecule has 3 rings (SSSR count). The molecule has 0 aliphatic heterocycles. The highest BCUT2D eigenvalue weighted by Gasteiger charge is 2.45. The van der Waals surface area contributed by atoms with Gasteiger partial charge in [0.2, 0.25) is 0 Å². The van der Waals surface area contributed by atoms with Crippen LogP contribution in [0.5, 0.6) is 0 Å². The van der Waals surface area contributed by atoms with Crippen molar-refractivity contribution in [3.05, 3.63) is 0 Å². The first-order valence-corrected chi connectivity index (χ1v) is 9.80. The Bertz CT molecular complexity index is 272. The van der Waals surface area contributed by atoms with Crippen LogP contribution in [-0.2, 0) is 0 Å². The summed E-state index contributed by atoms with van der Waals surface area (Å²) in [4.78, 5) is 0. The zero-order chi connectivity index (χ0) is 13.9. The van der Waals surface area contributed by atoms with Gasteiger partial charge in [-0.15, -0.1) is 0 Å². The maximum atomic E-state index is 2.37. The van der Waals surface area contributed by atoms with Crippen molar-refractivity contribution >= 4 is 0 Å². The fourth-order valence-electron chi connectivity index (χ4n) is 6.17. The molecule has 0 N–H and O–H groups in total. The molecule has 20 heavy (non-hydrogen) atoms. The summed E-state index contributed by atoms with van der Waals surface area (Å²) < 4.78 is 0. The van der Waals surface area contributed by atoms with Crippen molar-refractivity contribution in [3.63, 3.8) is 0 Å². The second-order valence-corrected chi connectivity index (χ2v) is 8.47. The fraction of sp³-hybridized carbons (Fsp3) is 1.00. The van der Waals surface area contributed by atoms with Crippen LogP contribution in [0.4, 0.5) is 0 Å². The Morgan fingerprint density at radius 3 is 1.50 bits per heavy atom. The highest BCUT2D eigenvalue weighted by atomic mass is 14.5. The largest absolute Gasteiger partial charge is 0.0654 e. The molecule has 0 heteroatoms. The monoisotopic (exact) mass is 276 g/mol. The van der Waals surface area contributed by atoms with Gasteiger partial charge in [-0.1, -0.05) is 52.4 Å². The standard InChI is InChI=1S/C20H36/c1-3-5-6-8-16-11-19-13-17-9-15(7-4-2)10-18(17)14-20(19)12-16/h15-20H,3-14H2,1-2H3. The average Bonchev–Trinajstić information content (AvgIpc) is 2.98. The van der Waals surface area contributed by atoms with E-state index < -0.39 is 0 Å². The molecule has 116 valence electrons. The molecule has 3 fully saturated rings. The molecule has 3 saturated carbocycles. The molecule has 0 saturated heterocycles. The highest BCUT2D eigenvalue weighted by Crippen LogP contribution is 2.56. The molecular weight excluding hydrogens is 240 g/mol. The van der Waals surface area contributed by atoms with Crippen LogP contribution in [0.2, 0.25) is 0 Å². The summed E-state index contributed by atoms with van der Waals surface area (Å²) >= 11 is 0. The normalized spacial score (nSPS) is 43.5. The van der Waals surface area contributed by atoms with Crippen LogP contribution in [0.25, 0.3) is 0 Å². The van der Waals surface area contributed by atoms with Gasteiger partial charge in [-0.25, -0.2) is 0 Å². The summed E-state index contributed by atoms with van der Waals surface area (Å²) in [5.74, 6) is 6.78. The van der Waals surface area contributed by atoms with E-state index in [1.54, 1.807) is 44.9 Å². The third-order valence-electron chi connectivity index (χ3n) is 7.00. The van der Waals surface area contributed by atoms with Gasteiger partial charge in [0.15, 0.2) is 0 Å². The van der Waals surface area contributed by atoms with Crippen LogP contribution >= 0.6 is 0 Å². The topological polar surface area (TPSA) is 0 Å². The predicted octanol–water partition coefficient (Wildman–Crippen LogP) is 6.45. The lowest BCUT2D eigenvalue weighted by Crippen LogP contribution is -2.25. The van der Waals surface area contributed by atoms with Crippen molar-refractivity contribution in [2.75, 3.05) is 0 Å².